The highest BCUT2D eigenvalue weighted by molar-refractivity contribution is 5.89. The summed E-state index contributed by atoms with van der Waals surface area (Å²) in [6, 6.07) is 11.9. The number of urea groups is 1. The molecule has 2 aromatic rings. The number of fused-ring (bicyclic) bond motifs is 1. The van der Waals surface area contributed by atoms with Crippen molar-refractivity contribution in [2.24, 2.45) is 0 Å². The van der Waals surface area contributed by atoms with Crippen LogP contribution in [0.3, 0.4) is 0 Å². The van der Waals surface area contributed by atoms with Crippen molar-refractivity contribution >= 4 is 11.7 Å². The maximum absolute atomic E-state index is 12.9. The number of benzene rings is 1. The first kappa shape index (κ1) is 17.0. The summed E-state index contributed by atoms with van der Waals surface area (Å²) in [4.78, 5) is 20.3. The minimum Gasteiger partial charge on any atom is -0.322 e. The van der Waals surface area contributed by atoms with Crippen LogP contribution in [-0.4, -0.2) is 53.0 Å². The average molecular weight is 354 g/mol. The molecule has 0 spiro atoms. The van der Waals surface area contributed by atoms with Crippen LogP contribution in [0.5, 0.6) is 0 Å². The second kappa shape index (κ2) is 7.41. The lowest BCUT2D eigenvalue weighted by Gasteiger charge is -2.41. The van der Waals surface area contributed by atoms with Crippen molar-refractivity contribution in [2.75, 3.05) is 31.5 Å². The highest BCUT2D eigenvalue weighted by Crippen LogP contribution is 2.25. The van der Waals surface area contributed by atoms with Crippen LogP contribution in [0.1, 0.15) is 17.5 Å². The lowest BCUT2D eigenvalue weighted by molar-refractivity contribution is 0.106. The highest BCUT2D eigenvalue weighted by atomic mass is 19.1. The Balaban J connectivity index is 1.30. The average Bonchev–Trinajstić information content (AvgIpc) is 2.69. The maximum Gasteiger partial charge on any atom is 0.321 e. The number of halogens is 1. The van der Waals surface area contributed by atoms with E-state index in [0.29, 0.717) is 24.8 Å². The van der Waals surface area contributed by atoms with E-state index >= 15 is 0 Å². The monoisotopic (exact) mass is 354 g/mol. The summed E-state index contributed by atoms with van der Waals surface area (Å²) in [5.41, 5.74) is 3.46. The Hall–Kier alpha value is -2.47. The second-order valence-corrected chi connectivity index (χ2v) is 6.99. The summed E-state index contributed by atoms with van der Waals surface area (Å²) in [7, 11) is 0. The third-order valence-corrected chi connectivity index (χ3v) is 5.42. The number of amides is 2. The van der Waals surface area contributed by atoms with Crippen molar-refractivity contribution in [1.82, 2.24) is 14.8 Å². The van der Waals surface area contributed by atoms with Gasteiger partial charge >= 0.3 is 6.03 Å². The standard InChI is InChI=1S/C20H23FN4O/c21-19-8-6-17(14-22-19)23-20(26)25-11-9-24(10-12-25)18-7-5-15-3-1-2-4-16(15)13-18/h1-4,6,8,14,18H,5,7,9-13H2,(H,23,26)/t18-/m0/s1. The third-order valence-electron chi connectivity index (χ3n) is 5.42. The topological polar surface area (TPSA) is 48.5 Å². The summed E-state index contributed by atoms with van der Waals surface area (Å²) in [6.45, 7) is 3.20. The fraction of sp³-hybridized carbons (Fsp3) is 0.400. The number of nitrogens with one attached hydrogen (secondary N) is 1. The van der Waals surface area contributed by atoms with Crippen molar-refractivity contribution < 1.29 is 9.18 Å². The van der Waals surface area contributed by atoms with E-state index in [4.69, 9.17) is 0 Å². The number of carbonyl (C=O) groups excluding carboxylic acids is 1. The van der Waals surface area contributed by atoms with Gasteiger partial charge in [-0.05, 0) is 42.5 Å². The molecule has 0 bridgehead atoms. The molecular formula is C20H23FN4O. The largest absolute Gasteiger partial charge is 0.322 e. The number of hydrogen-bond acceptors (Lipinski definition) is 3. The quantitative estimate of drug-likeness (QED) is 0.844. The summed E-state index contributed by atoms with van der Waals surface area (Å²) in [5, 5.41) is 2.79. The Labute approximate surface area is 152 Å². The molecule has 2 aliphatic rings. The molecule has 0 saturated carbocycles. The number of rotatable bonds is 2. The lowest BCUT2D eigenvalue weighted by Crippen LogP contribution is -2.53. The normalized spacial score (nSPS) is 20.5. The third kappa shape index (κ3) is 3.70. The van der Waals surface area contributed by atoms with Gasteiger partial charge in [0.05, 0.1) is 11.9 Å². The predicted octanol–water partition coefficient (Wildman–Crippen LogP) is 2.93. The molecule has 1 fully saturated rings. The molecule has 26 heavy (non-hydrogen) atoms. The van der Waals surface area contributed by atoms with E-state index < -0.39 is 5.95 Å². The molecule has 1 N–H and O–H groups in total. The Morgan fingerprint density at radius 2 is 1.85 bits per heavy atom. The summed E-state index contributed by atoms with van der Waals surface area (Å²) < 4.78 is 12.9. The SMILES string of the molecule is O=C(Nc1ccc(F)nc1)N1CCN([C@H]2CCc3ccccc3C2)CC1. The van der Waals surface area contributed by atoms with Crippen molar-refractivity contribution in [1.29, 1.82) is 0 Å². The molecule has 2 amide bonds. The first-order chi connectivity index (χ1) is 12.7. The molecule has 1 aromatic heterocycles. The van der Waals surface area contributed by atoms with Crippen LogP contribution in [-0.2, 0) is 12.8 Å². The maximum atomic E-state index is 12.9. The molecule has 2 heterocycles. The van der Waals surface area contributed by atoms with Gasteiger partial charge in [-0.3, -0.25) is 4.90 Å². The van der Waals surface area contributed by atoms with Crippen molar-refractivity contribution in [3.63, 3.8) is 0 Å². The molecule has 0 radical (unpaired) electrons. The Bertz CT molecular complexity index is 772. The Kier molecular flexibility index (Phi) is 4.84. The van der Waals surface area contributed by atoms with Crippen LogP contribution >= 0.6 is 0 Å². The summed E-state index contributed by atoms with van der Waals surface area (Å²) in [6.07, 6.45) is 4.76. The van der Waals surface area contributed by atoms with Gasteiger partial charge in [0.2, 0.25) is 5.95 Å². The summed E-state index contributed by atoms with van der Waals surface area (Å²) in [5.74, 6) is -0.550. The molecule has 5 nitrogen and oxygen atoms in total. The predicted molar refractivity (Wildman–Crippen MR) is 98.6 cm³/mol. The number of anilines is 1. The van der Waals surface area contributed by atoms with E-state index in [1.807, 2.05) is 4.90 Å². The van der Waals surface area contributed by atoms with Crippen LogP contribution in [0.25, 0.3) is 0 Å². The number of aromatic nitrogens is 1. The molecule has 1 aliphatic heterocycles. The first-order valence-electron chi connectivity index (χ1n) is 9.17. The lowest BCUT2D eigenvalue weighted by atomic mass is 9.87. The molecule has 1 aromatic carbocycles. The van der Waals surface area contributed by atoms with Gasteiger partial charge in [0.25, 0.3) is 0 Å². The Morgan fingerprint density at radius 1 is 1.08 bits per heavy atom. The number of nitrogens with zero attached hydrogens (tertiary/aromatic N) is 3. The van der Waals surface area contributed by atoms with E-state index in [1.54, 1.807) is 0 Å². The van der Waals surface area contributed by atoms with E-state index in [0.717, 1.165) is 25.9 Å². The van der Waals surface area contributed by atoms with Crippen LogP contribution in [0, 0.1) is 5.95 Å². The summed E-state index contributed by atoms with van der Waals surface area (Å²) >= 11 is 0. The molecule has 4 rings (SSSR count). The molecule has 1 atom stereocenters. The minimum absolute atomic E-state index is 0.146. The number of piperazine rings is 1. The van der Waals surface area contributed by atoms with E-state index in [2.05, 4.69) is 39.5 Å². The zero-order chi connectivity index (χ0) is 17.9. The fourth-order valence-electron chi connectivity index (χ4n) is 3.93. The van der Waals surface area contributed by atoms with Gasteiger partial charge in [0, 0.05) is 32.2 Å². The molecule has 136 valence electrons. The zero-order valence-corrected chi connectivity index (χ0v) is 14.7. The van der Waals surface area contributed by atoms with Gasteiger partial charge in [-0.1, -0.05) is 24.3 Å². The zero-order valence-electron chi connectivity index (χ0n) is 14.7. The van der Waals surface area contributed by atoms with Crippen LogP contribution < -0.4 is 5.32 Å². The van der Waals surface area contributed by atoms with Gasteiger partial charge in [-0.2, -0.15) is 4.39 Å². The van der Waals surface area contributed by atoms with Gasteiger partial charge < -0.3 is 10.2 Å². The first-order valence-corrected chi connectivity index (χ1v) is 9.17. The van der Waals surface area contributed by atoms with E-state index in [9.17, 15) is 9.18 Å². The molecule has 1 saturated heterocycles. The minimum atomic E-state index is -0.550. The van der Waals surface area contributed by atoms with Gasteiger partial charge in [-0.25, -0.2) is 9.78 Å². The number of hydrogen-bond donors (Lipinski definition) is 1. The molecule has 1 aliphatic carbocycles. The van der Waals surface area contributed by atoms with E-state index in [-0.39, 0.29) is 6.03 Å². The number of carbonyl (C=O) groups is 1. The highest BCUT2D eigenvalue weighted by Gasteiger charge is 2.28. The van der Waals surface area contributed by atoms with Crippen LogP contribution in [0.4, 0.5) is 14.9 Å². The van der Waals surface area contributed by atoms with Gasteiger partial charge in [0.1, 0.15) is 0 Å². The van der Waals surface area contributed by atoms with Crippen LogP contribution in [0.15, 0.2) is 42.6 Å². The molecule has 0 unspecified atom stereocenters. The fourth-order valence-corrected chi connectivity index (χ4v) is 3.93. The van der Waals surface area contributed by atoms with Crippen molar-refractivity contribution in [3.05, 3.63) is 59.7 Å². The van der Waals surface area contributed by atoms with Crippen molar-refractivity contribution in [3.8, 4) is 0 Å². The molecular weight excluding hydrogens is 331 g/mol. The van der Waals surface area contributed by atoms with Crippen molar-refractivity contribution in [2.45, 2.75) is 25.3 Å². The molecule has 6 heteroatoms. The Morgan fingerprint density at radius 3 is 2.58 bits per heavy atom. The van der Waals surface area contributed by atoms with Gasteiger partial charge in [-0.15, -0.1) is 0 Å². The second-order valence-electron chi connectivity index (χ2n) is 6.99. The number of pyridine rings is 1. The van der Waals surface area contributed by atoms with E-state index in [1.165, 1.54) is 35.9 Å². The van der Waals surface area contributed by atoms with Crippen LogP contribution in [0.2, 0.25) is 0 Å². The smallest absolute Gasteiger partial charge is 0.321 e. The van der Waals surface area contributed by atoms with Gasteiger partial charge in [0.15, 0.2) is 0 Å². The number of aryl methyl sites for hydroxylation is 1.